The SMILES string of the molecule is [2H]c1c([2H])c([2H])c(-n2c3ccccc3c3c(-c4cccc(N(c5ccc(-c6ccccc6)cc5)c5ccc(-c6cccc7ccccc67)cc5)c4)cccc32)c([2H])c1[2H]. The van der Waals surface area contributed by atoms with Crippen molar-refractivity contribution in [2.24, 2.45) is 0 Å². The molecule has 10 rings (SSSR count). The molecule has 0 aliphatic carbocycles. The standard InChI is InChI=1S/C52H36N2/c1-3-14-37(15-4-1)38-28-32-43(33-29-38)53(44-34-30-40(31-35-44)47-24-12-17-39-16-7-8-22-46(39)47)45-21-11-18-41(36-45)48-25-13-27-51-52(48)49-23-9-10-26-50(49)54(51)42-19-5-2-6-20-42/h1-36H/i2D,5D,6D,19D,20D. The lowest BCUT2D eigenvalue weighted by Crippen LogP contribution is -2.10. The second-order valence-electron chi connectivity index (χ2n) is 13.4. The normalized spacial score (nSPS) is 12.6. The molecule has 0 N–H and O–H groups in total. The first kappa shape index (κ1) is 26.6. The van der Waals surface area contributed by atoms with Gasteiger partial charge in [0.05, 0.1) is 17.9 Å². The first-order valence-electron chi connectivity index (χ1n) is 20.6. The quantitative estimate of drug-likeness (QED) is 0.161. The fraction of sp³-hybridized carbons (Fsp3) is 0. The molecule has 1 heterocycles. The minimum Gasteiger partial charge on any atom is -0.310 e. The Morgan fingerprint density at radius 3 is 1.76 bits per heavy atom. The highest BCUT2D eigenvalue weighted by molar-refractivity contribution is 6.16. The summed E-state index contributed by atoms with van der Waals surface area (Å²) in [5.41, 5.74) is 11.2. The van der Waals surface area contributed by atoms with Crippen LogP contribution < -0.4 is 4.90 Å². The predicted octanol–water partition coefficient (Wildman–Crippen LogP) is 14.4. The van der Waals surface area contributed by atoms with Gasteiger partial charge in [-0.3, -0.25) is 0 Å². The van der Waals surface area contributed by atoms with Crippen LogP contribution >= 0.6 is 0 Å². The van der Waals surface area contributed by atoms with Crippen molar-refractivity contribution in [2.45, 2.75) is 0 Å². The summed E-state index contributed by atoms with van der Waals surface area (Å²) in [5, 5.41) is 4.28. The van der Waals surface area contributed by atoms with Crippen LogP contribution in [0.25, 0.3) is 71.6 Å². The van der Waals surface area contributed by atoms with E-state index in [-0.39, 0.29) is 29.9 Å². The van der Waals surface area contributed by atoms with Gasteiger partial charge in [-0.15, -0.1) is 0 Å². The van der Waals surface area contributed by atoms with Gasteiger partial charge in [-0.1, -0.05) is 158 Å². The highest BCUT2D eigenvalue weighted by atomic mass is 15.1. The van der Waals surface area contributed by atoms with E-state index in [0.717, 1.165) is 66.7 Å². The van der Waals surface area contributed by atoms with E-state index in [1.54, 1.807) is 0 Å². The summed E-state index contributed by atoms with van der Waals surface area (Å²) in [6.07, 6.45) is 0. The molecule has 254 valence electrons. The highest BCUT2D eigenvalue weighted by Crippen LogP contribution is 2.42. The van der Waals surface area contributed by atoms with E-state index in [1.807, 2.05) is 47.0 Å². The van der Waals surface area contributed by atoms with Crippen LogP contribution in [0.15, 0.2) is 218 Å². The van der Waals surface area contributed by atoms with Crippen molar-refractivity contribution in [2.75, 3.05) is 4.90 Å². The van der Waals surface area contributed by atoms with Crippen LogP contribution in [-0.2, 0) is 0 Å². The second-order valence-corrected chi connectivity index (χ2v) is 13.4. The molecule has 0 bridgehead atoms. The summed E-state index contributed by atoms with van der Waals surface area (Å²) in [4.78, 5) is 2.28. The molecule has 10 aromatic rings. The summed E-state index contributed by atoms with van der Waals surface area (Å²) in [5.74, 6) is 0. The van der Waals surface area contributed by atoms with Crippen molar-refractivity contribution in [3.8, 4) is 39.1 Å². The lowest BCUT2D eigenvalue weighted by atomic mass is 9.97. The Morgan fingerprint density at radius 1 is 0.389 bits per heavy atom. The molecule has 0 saturated carbocycles. The zero-order valence-electron chi connectivity index (χ0n) is 34.3. The number of rotatable bonds is 7. The highest BCUT2D eigenvalue weighted by Gasteiger charge is 2.18. The Hall–Kier alpha value is -7.16. The molecule has 0 atom stereocenters. The van der Waals surface area contributed by atoms with Crippen LogP contribution in [-0.4, -0.2) is 4.57 Å². The van der Waals surface area contributed by atoms with Gasteiger partial charge in [-0.25, -0.2) is 0 Å². The molecular weight excluding hydrogens is 653 g/mol. The summed E-state index contributed by atoms with van der Waals surface area (Å²) < 4.78 is 44.7. The lowest BCUT2D eigenvalue weighted by Gasteiger charge is -2.26. The first-order chi connectivity index (χ1) is 28.9. The van der Waals surface area contributed by atoms with Gasteiger partial charge < -0.3 is 9.47 Å². The molecule has 0 spiro atoms. The van der Waals surface area contributed by atoms with Gasteiger partial charge >= 0.3 is 0 Å². The van der Waals surface area contributed by atoms with Crippen molar-refractivity contribution < 1.29 is 6.85 Å². The van der Waals surface area contributed by atoms with Gasteiger partial charge in [0.15, 0.2) is 0 Å². The van der Waals surface area contributed by atoms with Gasteiger partial charge in [0.2, 0.25) is 0 Å². The van der Waals surface area contributed by atoms with E-state index < -0.39 is 6.04 Å². The van der Waals surface area contributed by atoms with Crippen molar-refractivity contribution in [1.29, 1.82) is 0 Å². The molecule has 0 fully saturated rings. The maximum absolute atomic E-state index is 8.88. The second kappa shape index (κ2) is 13.4. The third-order valence-corrected chi connectivity index (χ3v) is 10.3. The Morgan fingerprint density at radius 2 is 0.963 bits per heavy atom. The van der Waals surface area contributed by atoms with Gasteiger partial charge in [0.25, 0.3) is 0 Å². The molecule has 2 heteroatoms. The minimum absolute atomic E-state index is 0.130. The van der Waals surface area contributed by atoms with Crippen LogP contribution in [0.4, 0.5) is 17.1 Å². The zero-order valence-corrected chi connectivity index (χ0v) is 29.3. The number of fused-ring (bicyclic) bond motifs is 4. The third kappa shape index (κ3) is 5.53. The van der Waals surface area contributed by atoms with Crippen molar-refractivity contribution >= 4 is 49.6 Å². The van der Waals surface area contributed by atoms with E-state index in [9.17, 15) is 0 Å². The van der Waals surface area contributed by atoms with Crippen molar-refractivity contribution in [3.63, 3.8) is 0 Å². The van der Waals surface area contributed by atoms with Crippen molar-refractivity contribution in [1.82, 2.24) is 4.57 Å². The van der Waals surface area contributed by atoms with Gasteiger partial charge in [0, 0.05) is 33.5 Å². The number of hydrogen-bond donors (Lipinski definition) is 0. The van der Waals surface area contributed by atoms with Crippen LogP contribution in [0.1, 0.15) is 6.85 Å². The smallest absolute Gasteiger partial charge is 0.0645 e. The van der Waals surface area contributed by atoms with Gasteiger partial charge in [-0.05, 0) is 105 Å². The molecule has 0 unspecified atom stereocenters. The largest absolute Gasteiger partial charge is 0.310 e. The molecule has 54 heavy (non-hydrogen) atoms. The van der Waals surface area contributed by atoms with E-state index in [0.29, 0.717) is 0 Å². The summed E-state index contributed by atoms with van der Waals surface area (Å²) in [6, 6.07) is 63.5. The zero-order chi connectivity index (χ0) is 40.2. The topological polar surface area (TPSA) is 8.17 Å². The monoisotopic (exact) mass is 693 g/mol. The average molecular weight is 694 g/mol. The van der Waals surface area contributed by atoms with E-state index in [2.05, 4.69) is 150 Å². The molecular formula is C52H36N2. The molecule has 9 aromatic carbocycles. The number of benzene rings is 9. The fourth-order valence-electron chi connectivity index (χ4n) is 7.82. The van der Waals surface area contributed by atoms with E-state index in [1.165, 1.54) is 16.3 Å². The number of aromatic nitrogens is 1. The molecule has 1 aromatic heterocycles. The number of nitrogens with zero attached hydrogens (tertiary/aromatic N) is 2. The number of anilines is 3. The molecule has 0 amide bonds. The lowest BCUT2D eigenvalue weighted by molar-refractivity contribution is 1.18. The summed E-state index contributed by atoms with van der Waals surface area (Å²) in [6.45, 7) is 0. The Kier molecular flexibility index (Phi) is 6.61. The maximum Gasteiger partial charge on any atom is 0.0645 e. The molecule has 0 saturated heterocycles. The predicted molar refractivity (Wildman–Crippen MR) is 229 cm³/mol. The summed E-state index contributed by atoms with van der Waals surface area (Å²) in [7, 11) is 0. The van der Waals surface area contributed by atoms with Gasteiger partial charge in [0.1, 0.15) is 0 Å². The average Bonchev–Trinajstić information content (AvgIpc) is 3.63. The molecule has 0 aliphatic heterocycles. The van der Waals surface area contributed by atoms with Crippen molar-refractivity contribution in [3.05, 3.63) is 218 Å². The number of hydrogen-bond acceptors (Lipinski definition) is 1. The molecule has 2 nitrogen and oxygen atoms in total. The first-order valence-corrected chi connectivity index (χ1v) is 18.1. The van der Waals surface area contributed by atoms with Crippen LogP contribution in [0, 0.1) is 0 Å². The summed E-state index contributed by atoms with van der Waals surface area (Å²) >= 11 is 0. The van der Waals surface area contributed by atoms with E-state index in [4.69, 9.17) is 6.85 Å². The molecule has 0 radical (unpaired) electrons. The fourth-order valence-corrected chi connectivity index (χ4v) is 7.82. The minimum atomic E-state index is -0.413. The Balaban J connectivity index is 1.14. The molecule has 0 aliphatic rings. The maximum atomic E-state index is 8.88. The number of para-hydroxylation sites is 2. The van der Waals surface area contributed by atoms with Crippen LogP contribution in [0.3, 0.4) is 0 Å². The van der Waals surface area contributed by atoms with Crippen LogP contribution in [0.5, 0.6) is 0 Å². The third-order valence-electron chi connectivity index (χ3n) is 10.3. The Bertz CT molecular complexity index is 3180. The Labute approximate surface area is 322 Å². The van der Waals surface area contributed by atoms with E-state index >= 15 is 0 Å². The van der Waals surface area contributed by atoms with Gasteiger partial charge in [-0.2, -0.15) is 0 Å². The van der Waals surface area contributed by atoms with Crippen LogP contribution in [0.2, 0.25) is 0 Å².